The maximum Gasteiger partial charge on any atom is 0.231 e. The highest BCUT2D eigenvalue weighted by Gasteiger charge is 2.21. The summed E-state index contributed by atoms with van der Waals surface area (Å²) in [7, 11) is 2.11. The number of aromatic nitrogens is 1. The summed E-state index contributed by atoms with van der Waals surface area (Å²) in [5.41, 5.74) is 1.44. The van der Waals surface area contributed by atoms with Crippen LogP contribution < -0.4 is 14.4 Å². The van der Waals surface area contributed by atoms with E-state index in [2.05, 4.69) is 22.9 Å². The van der Waals surface area contributed by atoms with Crippen molar-refractivity contribution in [3.63, 3.8) is 0 Å². The standard InChI is InChI=1S/C16H16N4O2/c1-19-2-4-20(5-3-19)16-12(9-17)6-11-7-14-15(22-10-21-14)8-13(11)18-16/h6-8H,2-5,10H2,1H3. The highest BCUT2D eigenvalue weighted by atomic mass is 16.7. The van der Waals surface area contributed by atoms with Crippen molar-refractivity contribution < 1.29 is 9.47 Å². The van der Waals surface area contributed by atoms with Gasteiger partial charge in [-0.2, -0.15) is 5.26 Å². The number of hydrogen-bond acceptors (Lipinski definition) is 6. The lowest BCUT2D eigenvalue weighted by Gasteiger charge is -2.33. The number of ether oxygens (including phenoxy) is 2. The van der Waals surface area contributed by atoms with Crippen LogP contribution in [-0.2, 0) is 0 Å². The van der Waals surface area contributed by atoms with Crippen molar-refractivity contribution in [1.82, 2.24) is 9.88 Å². The van der Waals surface area contributed by atoms with Crippen molar-refractivity contribution in [3.05, 3.63) is 23.8 Å². The lowest BCUT2D eigenvalue weighted by atomic mass is 10.1. The molecule has 2 aliphatic rings. The van der Waals surface area contributed by atoms with Crippen molar-refractivity contribution >= 4 is 16.7 Å². The minimum atomic E-state index is 0.238. The molecule has 2 aliphatic heterocycles. The Morgan fingerprint density at radius 2 is 1.82 bits per heavy atom. The average molecular weight is 296 g/mol. The predicted molar refractivity (Wildman–Crippen MR) is 82.3 cm³/mol. The largest absolute Gasteiger partial charge is 0.454 e. The normalized spacial score (nSPS) is 17.7. The molecule has 2 aromatic rings. The van der Waals surface area contributed by atoms with E-state index in [1.807, 2.05) is 18.2 Å². The van der Waals surface area contributed by atoms with E-state index in [9.17, 15) is 5.26 Å². The van der Waals surface area contributed by atoms with Crippen LogP contribution >= 0.6 is 0 Å². The van der Waals surface area contributed by atoms with Crippen LogP contribution in [0.25, 0.3) is 10.9 Å². The zero-order valence-electron chi connectivity index (χ0n) is 12.4. The Labute approximate surface area is 128 Å². The number of piperazine rings is 1. The number of anilines is 1. The zero-order chi connectivity index (χ0) is 15.1. The Morgan fingerprint density at radius 3 is 2.55 bits per heavy atom. The Morgan fingerprint density at radius 1 is 1.09 bits per heavy atom. The molecule has 1 saturated heterocycles. The monoisotopic (exact) mass is 296 g/mol. The molecule has 0 N–H and O–H groups in total. The lowest BCUT2D eigenvalue weighted by Crippen LogP contribution is -2.45. The Bertz CT molecular complexity index is 776. The smallest absolute Gasteiger partial charge is 0.231 e. The topological polar surface area (TPSA) is 61.6 Å². The molecule has 0 amide bonds. The number of likely N-dealkylation sites (N-methyl/N-ethyl adjacent to an activating group) is 1. The molecule has 6 heteroatoms. The Kier molecular flexibility index (Phi) is 3.01. The van der Waals surface area contributed by atoms with Gasteiger partial charge >= 0.3 is 0 Å². The molecule has 0 aliphatic carbocycles. The second-order valence-electron chi connectivity index (χ2n) is 5.66. The van der Waals surface area contributed by atoms with E-state index in [1.165, 1.54) is 0 Å². The second-order valence-corrected chi connectivity index (χ2v) is 5.66. The molecule has 0 atom stereocenters. The van der Waals surface area contributed by atoms with Crippen LogP contribution in [0.5, 0.6) is 11.5 Å². The molecule has 0 bridgehead atoms. The maximum absolute atomic E-state index is 9.47. The number of hydrogen-bond donors (Lipinski definition) is 0. The van der Waals surface area contributed by atoms with Gasteiger partial charge in [0.05, 0.1) is 11.1 Å². The molecule has 4 rings (SSSR count). The summed E-state index contributed by atoms with van der Waals surface area (Å²) in [5.74, 6) is 2.20. The molecule has 6 nitrogen and oxygen atoms in total. The third kappa shape index (κ3) is 2.11. The molecule has 1 aromatic carbocycles. The fourth-order valence-electron chi connectivity index (χ4n) is 2.90. The van der Waals surface area contributed by atoms with Crippen molar-refractivity contribution in [3.8, 4) is 17.6 Å². The molecule has 1 fully saturated rings. The van der Waals surface area contributed by atoms with E-state index in [-0.39, 0.29) is 6.79 Å². The predicted octanol–water partition coefficient (Wildman–Crippen LogP) is 1.59. The van der Waals surface area contributed by atoms with Gasteiger partial charge in [0.25, 0.3) is 0 Å². The molecule has 1 aromatic heterocycles. The quantitative estimate of drug-likeness (QED) is 0.796. The first-order chi connectivity index (χ1) is 10.7. The summed E-state index contributed by atoms with van der Waals surface area (Å²) >= 11 is 0. The van der Waals surface area contributed by atoms with Crippen molar-refractivity contribution in [2.45, 2.75) is 0 Å². The third-order valence-electron chi connectivity index (χ3n) is 4.21. The first kappa shape index (κ1) is 13.2. The molecule has 0 unspecified atom stereocenters. The van der Waals surface area contributed by atoms with Gasteiger partial charge in [0, 0.05) is 37.6 Å². The van der Waals surface area contributed by atoms with Gasteiger partial charge in [-0.1, -0.05) is 0 Å². The van der Waals surface area contributed by atoms with Gasteiger partial charge in [0.2, 0.25) is 6.79 Å². The van der Waals surface area contributed by atoms with Gasteiger partial charge in [-0.15, -0.1) is 0 Å². The number of benzene rings is 1. The minimum absolute atomic E-state index is 0.238. The van der Waals surface area contributed by atoms with Crippen LogP contribution in [-0.4, -0.2) is 49.9 Å². The maximum atomic E-state index is 9.47. The fourth-order valence-corrected chi connectivity index (χ4v) is 2.90. The summed E-state index contributed by atoms with van der Waals surface area (Å²) < 4.78 is 10.8. The third-order valence-corrected chi connectivity index (χ3v) is 4.21. The fraction of sp³-hybridized carbons (Fsp3) is 0.375. The molecule has 112 valence electrons. The van der Waals surface area contributed by atoms with Crippen molar-refractivity contribution in [2.24, 2.45) is 0 Å². The number of nitrogens with zero attached hydrogens (tertiary/aromatic N) is 4. The van der Waals surface area contributed by atoms with Crippen molar-refractivity contribution in [1.29, 1.82) is 5.26 Å². The molecular weight excluding hydrogens is 280 g/mol. The average Bonchev–Trinajstić information content (AvgIpc) is 2.99. The van der Waals surface area contributed by atoms with Gasteiger partial charge in [-0.25, -0.2) is 4.98 Å². The number of nitriles is 1. The van der Waals surface area contributed by atoms with Crippen LogP contribution in [0, 0.1) is 11.3 Å². The van der Waals surface area contributed by atoms with Crippen LogP contribution in [0.15, 0.2) is 18.2 Å². The molecule has 0 saturated carbocycles. The van der Waals surface area contributed by atoms with Crippen LogP contribution in [0.4, 0.5) is 5.82 Å². The van der Waals surface area contributed by atoms with Crippen molar-refractivity contribution in [2.75, 3.05) is 44.9 Å². The highest BCUT2D eigenvalue weighted by Crippen LogP contribution is 2.36. The molecule has 0 radical (unpaired) electrons. The summed E-state index contributed by atoms with van der Waals surface area (Å²) in [6.45, 7) is 3.96. The van der Waals surface area contributed by atoms with E-state index in [4.69, 9.17) is 14.5 Å². The van der Waals surface area contributed by atoms with Gasteiger partial charge in [0.1, 0.15) is 11.9 Å². The van der Waals surface area contributed by atoms with Gasteiger partial charge < -0.3 is 19.3 Å². The first-order valence-corrected chi connectivity index (χ1v) is 7.32. The summed E-state index contributed by atoms with van der Waals surface area (Å²) in [6.07, 6.45) is 0. The summed E-state index contributed by atoms with van der Waals surface area (Å²) in [4.78, 5) is 9.18. The van der Waals surface area contributed by atoms with Crippen LogP contribution in [0.3, 0.4) is 0 Å². The Balaban J connectivity index is 1.80. The van der Waals surface area contributed by atoms with E-state index < -0.39 is 0 Å². The number of pyridine rings is 1. The number of fused-ring (bicyclic) bond motifs is 2. The van der Waals surface area contributed by atoms with Crippen LogP contribution in [0.2, 0.25) is 0 Å². The minimum Gasteiger partial charge on any atom is -0.454 e. The van der Waals surface area contributed by atoms with E-state index >= 15 is 0 Å². The first-order valence-electron chi connectivity index (χ1n) is 7.32. The Hall–Kier alpha value is -2.52. The molecule has 3 heterocycles. The zero-order valence-corrected chi connectivity index (χ0v) is 12.4. The lowest BCUT2D eigenvalue weighted by molar-refractivity contribution is 0.174. The summed E-state index contributed by atoms with van der Waals surface area (Å²) in [6, 6.07) is 7.94. The molecule has 22 heavy (non-hydrogen) atoms. The number of rotatable bonds is 1. The van der Waals surface area contributed by atoms with Crippen LogP contribution in [0.1, 0.15) is 5.56 Å². The summed E-state index contributed by atoms with van der Waals surface area (Å²) in [5, 5.41) is 10.4. The molecular formula is C16H16N4O2. The highest BCUT2D eigenvalue weighted by molar-refractivity contribution is 5.86. The van der Waals surface area contributed by atoms with Gasteiger partial charge in [0.15, 0.2) is 11.5 Å². The van der Waals surface area contributed by atoms with Gasteiger partial charge in [-0.3, -0.25) is 0 Å². The van der Waals surface area contributed by atoms with E-state index in [1.54, 1.807) is 0 Å². The molecule has 0 spiro atoms. The van der Waals surface area contributed by atoms with E-state index in [0.29, 0.717) is 17.1 Å². The van der Waals surface area contributed by atoms with Gasteiger partial charge in [-0.05, 0) is 19.2 Å². The second kappa shape index (κ2) is 5.04. The SMILES string of the molecule is CN1CCN(c2nc3cc4c(cc3cc2C#N)OCO4)CC1. The van der Waals surface area contributed by atoms with E-state index in [0.717, 1.165) is 42.9 Å².